The second-order valence-corrected chi connectivity index (χ2v) is 4.66. The van der Waals surface area contributed by atoms with Gasteiger partial charge in [0, 0.05) is 12.1 Å². The number of benzene rings is 2. The Kier molecular flexibility index (Phi) is 4.49. The molecular weight excluding hydrogens is 339 g/mol. The molecular formula is C14H7F5N2O3. The fourth-order valence-electron chi connectivity index (χ4n) is 1.85. The van der Waals surface area contributed by atoms with Crippen molar-refractivity contribution in [2.24, 2.45) is 0 Å². The van der Waals surface area contributed by atoms with Gasteiger partial charge in [0.15, 0.2) is 23.3 Å². The number of nitrogens with zero attached hydrogens (tertiary/aromatic N) is 1. The molecule has 0 saturated carbocycles. The fourth-order valence-corrected chi connectivity index (χ4v) is 1.85. The summed E-state index contributed by atoms with van der Waals surface area (Å²) in [6, 6.07) is 3.24. The first-order valence-corrected chi connectivity index (χ1v) is 6.23. The third-order valence-corrected chi connectivity index (χ3v) is 3.12. The van der Waals surface area contributed by atoms with Gasteiger partial charge in [-0.05, 0) is 12.5 Å². The highest BCUT2D eigenvalue weighted by molar-refractivity contribution is 6.05. The number of halogens is 5. The topological polar surface area (TPSA) is 72.2 Å². The zero-order chi connectivity index (χ0) is 18.2. The molecule has 0 heterocycles. The van der Waals surface area contributed by atoms with Gasteiger partial charge in [-0.2, -0.15) is 0 Å². The zero-order valence-corrected chi connectivity index (χ0v) is 11.8. The number of rotatable bonds is 3. The number of hydrogen-bond donors (Lipinski definition) is 1. The molecule has 0 spiro atoms. The summed E-state index contributed by atoms with van der Waals surface area (Å²) in [5.41, 5.74) is -2.05. The molecule has 0 aliphatic carbocycles. The molecule has 1 amide bonds. The van der Waals surface area contributed by atoms with Crippen LogP contribution in [0.15, 0.2) is 18.2 Å². The average molecular weight is 346 g/mol. The zero-order valence-electron chi connectivity index (χ0n) is 11.8. The molecule has 0 fully saturated rings. The highest BCUT2D eigenvalue weighted by Gasteiger charge is 2.30. The number of nitro benzene ring substituents is 1. The monoisotopic (exact) mass is 346 g/mol. The van der Waals surface area contributed by atoms with E-state index in [1.807, 2.05) is 5.32 Å². The van der Waals surface area contributed by atoms with Gasteiger partial charge in [0.25, 0.3) is 11.6 Å². The molecule has 0 aliphatic heterocycles. The molecule has 0 aromatic heterocycles. The average Bonchev–Trinajstić information content (AvgIpc) is 2.53. The molecule has 0 aliphatic rings. The smallest absolute Gasteiger partial charge is 0.271 e. The summed E-state index contributed by atoms with van der Waals surface area (Å²) < 4.78 is 66.3. The highest BCUT2D eigenvalue weighted by atomic mass is 19.2. The molecule has 24 heavy (non-hydrogen) atoms. The predicted octanol–water partition coefficient (Wildman–Crippen LogP) is 3.85. The van der Waals surface area contributed by atoms with Crippen LogP contribution in [0.1, 0.15) is 15.9 Å². The molecule has 2 aromatic rings. The number of anilines is 1. The molecule has 10 heteroatoms. The fraction of sp³-hybridized carbons (Fsp3) is 0.0714. The lowest BCUT2D eigenvalue weighted by atomic mass is 10.1. The first kappa shape index (κ1) is 17.3. The Morgan fingerprint density at radius 1 is 1.00 bits per heavy atom. The molecule has 5 nitrogen and oxygen atoms in total. The first-order chi connectivity index (χ1) is 11.1. The van der Waals surface area contributed by atoms with Crippen molar-refractivity contribution < 1.29 is 31.7 Å². The maximum atomic E-state index is 13.6. The van der Waals surface area contributed by atoms with E-state index in [1.54, 1.807) is 0 Å². The van der Waals surface area contributed by atoms with Gasteiger partial charge in [-0.25, -0.2) is 22.0 Å². The number of non-ortho nitro benzene ring substituents is 1. The second-order valence-electron chi connectivity index (χ2n) is 4.66. The van der Waals surface area contributed by atoms with Gasteiger partial charge >= 0.3 is 0 Å². The molecule has 1 N–H and O–H groups in total. The van der Waals surface area contributed by atoms with Crippen LogP contribution in [0.5, 0.6) is 0 Å². The summed E-state index contributed by atoms with van der Waals surface area (Å²) in [5, 5.41) is 12.6. The molecule has 0 unspecified atom stereocenters. The maximum Gasteiger partial charge on any atom is 0.271 e. The number of amides is 1. The van der Waals surface area contributed by atoms with Crippen LogP contribution < -0.4 is 5.32 Å². The first-order valence-electron chi connectivity index (χ1n) is 6.23. The van der Waals surface area contributed by atoms with Gasteiger partial charge in [0.1, 0.15) is 5.56 Å². The Hall–Kier alpha value is -3.04. The van der Waals surface area contributed by atoms with Gasteiger partial charge in [-0.1, -0.05) is 6.07 Å². The molecule has 2 rings (SSSR count). The SMILES string of the molecule is Cc1ccc([N+](=O)[O-])cc1NC(=O)c1c(F)c(F)c(F)c(F)c1F. The lowest BCUT2D eigenvalue weighted by Crippen LogP contribution is -2.19. The van der Waals surface area contributed by atoms with E-state index in [-0.39, 0.29) is 11.3 Å². The maximum absolute atomic E-state index is 13.6. The van der Waals surface area contributed by atoms with Crippen molar-refractivity contribution in [2.45, 2.75) is 6.92 Å². The minimum Gasteiger partial charge on any atom is -0.321 e. The third kappa shape index (κ3) is 2.90. The molecule has 2 aromatic carbocycles. The molecule has 0 saturated heterocycles. The van der Waals surface area contributed by atoms with Crippen molar-refractivity contribution in [3.63, 3.8) is 0 Å². The van der Waals surface area contributed by atoms with Crippen LogP contribution in [-0.2, 0) is 0 Å². The van der Waals surface area contributed by atoms with Crippen molar-refractivity contribution >= 4 is 17.3 Å². The standard InChI is InChI=1S/C14H7F5N2O3/c1-5-2-3-6(21(23)24)4-7(5)20-14(22)8-9(15)11(17)13(19)12(18)10(8)16/h2-4H,1H3,(H,20,22). The van der Waals surface area contributed by atoms with E-state index in [4.69, 9.17) is 0 Å². The van der Waals surface area contributed by atoms with Gasteiger partial charge in [0.05, 0.1) is 10.6 Å². The van der Waals surface area contributed by atoms with E-state index >= 15 is 0 Å². The number of carbonyl (C=O) groups excluding carboxylic acids is 1. The lowest BCUT2D eigenvalue weighted by Gasteiger charge is -2.11. The van der Waals surface area contributed by atoms with Crippen LogP contribution in [0.4, 0.5) is 33.3 Å². The van der Waals surface area contributed by atoms with Crippen molar-refractivity contribution in [2.75, 3.05) is 5.32 Å². The van der Waals surface area contributed by atoms with E-state index in [0.29, 0.717) is 0 Å². The van der Waals surface area contributed by atoms with Crippen molar-refractivity contribution in [3.8, 4) is 0 Å². The minimum atomic E-state index is -2.40. The molecule has 0 radical (unpaired) electrons. The van der Waals surface area contributed by atoms with Crippen molar-refractivity contribution in [1.82, 2.24) is 0 Å². The number of nitrogens with one attached hydrogen (secondary N) is 1. The summed E-state index contributed by atoms with van der Waals surface area (Å²) >= 11 is 0. The van der Waals surface area contributed by atoms with E-state index in [0.717, 1.165) is 12.1 Å². The lowest BCUT2D eigenvalue weighted by molar-refractivity contribution is -0.384. The number of hydrogen-bond acceptors (Lipinski definition) is 3. The minimum absolute atomic E-state index is 0.210. The second kappa shape index (κ2) is 6.22. The van der Waals surface area contributed by atoms with Crippen LogP contribution in [0, 0.1) is 46.1 Å². The van der Waals surface area contributed by atoms with Gasteiger partial charge in [-0.15, -0.1) is 0 Å². The number of carbonyl (C=O) groups is 1. The van der Waals surface area contributed by atoms with E-state index in [1.165, 1.54) is 13.0 Å². The van der Waals surface area contributed by atoms with Gasteiger partial charge in [0.2, 0.25) is 5.82 Å². The van der Waals surface area contributed by atoms with E-state index in [2.05, 4.69) is 0 Å². The molecule has 126 valence electrons. The van der Waals surface area contributed by atoms with Crippen LogP contribution in [0.2, 0.25) is 0 Å². The number of aryl methyl sites for hydroxylation is 1. The molecule has 0 bridgehead atoms. The van der Waals surface area contributed by atoms with Crippen LogP contribution >= 0.6 is 0 Å². The van der Waals surface area contributed by atoms with E-state index in [9.17, 15) is 36.9 Å². The quantitative estimate of drug-likeness (QED) is 0.302. The molecule has 0 atom stereocenters. The normalized spacial score (nSPS) is 10.6. The Morgan fingerprint density at radius 3 is 2.00 bits per heavy atom. The highest BCUT2D eigenvalue weighted by Crippen LogP contribution is 2.26. The summed E-state index contributed by atoms with van der Waals surface area (Å²) in [4.78, 5) is 21.8. The van der Waals surface area contributed by atoms with Crippen molar-refractivity contribution in [1.29, 1.82) is 0 Å². The van der Waals surface area contributed by atoms with Crippen molar-refractivity contribution in [3.05, 3.63) is 68.5 Å². The Bertz CT molecular complexity index is 841. The van der Waals surface area contributed by atoms with Gasteiger partial charge in [-0.3, -0.25) is 14.9 Å². The Balaban J connectivity index is 2.49. The van der Waals surface area contributed by atoms with E-state index < -0.39 is 51.2 Å². The largest absolute Gasteiger partial charge is 0.321 e. The number of nitro groups is 1. The summed E-state index contributed by atoms with van der Waals surface area (Å²) in [7, 11) is 0. The van der Waals surface area contributed by atoms with Crippen LogP contribution in [0.25, 0.3) is 0 Å². The Labute approximate surface area is 130 Å². The third-order valence-electron chi connectivity index (χ3n) is 3.12. The van der Waals surface area contributed by atoms with Crippen LogP contribution in [-0.4, -0.2) is 10.8 Å². The Morgan fingerprint density at radius 2 is 1.50 bits per heavy atom. The summed E-state index contributed by atoms with van der Waals surface area (Å²) in [6.45, 7) is 1.41. The predicted molar refractivity (Wildman–Crippen MR) is 72.0 cm³/mol. The summed E-state index contributed by atoms with van der Waals surface area (Å²) in [5.74, 6) is -13.2. The van der Waals surface area contributed by atoms with Gasteiger partial charge < -0.3 is 5.32 Å². The summed E-state index contributed by atoms with van der Waals surface area (Å²) in [6.07, 6.45) is 0. The van der Waals surface area contributed by atoms with Crippen LogP contribution in [0.3, 0.4) is 0 Å².